The summed E-state index contributed by atoms with van der Waals surface area (Å²) in [5.74, 6) is 0. The third-order valence-corrected chi connectivity index (χ3v) is 1.99. The largest absolute Gasteiger partial charge is 0.0991 e. The smallest absolute Gasteiger partial charge is 0.0348 e. The van der Waals surface area contributed by atoms with E-state index in [1.165, 1.54) is 38.5 Å². The zero-order valence-electron chi connectivity index (χ0n) is 11.1. The summed E-state index contributed by atoms with van der Waals surface area (Å²) >= 11 is 0. The Bertz CT molecular complexity index is 162. The Kier molecular flexibility index (Phi) is 21.2. The molecule has 0 heterocycles. The second kappa shape index (κ2) is 19.5. The topological polar surface area (TPSA) is 0 Å². The minimum Gasteiger partial charge on any atom is -0.0991 e. The van der Waals surface area contributed by atoms with Crippen molar-refractivity contribution in [1.29, 1.82) is 0 Å². The molecule has 0 aromatic heterocycles. The van der Waals surface area contributed by atoms with Gasteiger partial charge in [-0.2, -0.15) is 0 Å². The van der Waals surface area contributed by atoms with Gasteiger partial charge in [0.2, 0.25) is 0 Å². The van der Waals surface area contributed by atoms with Crippen molar-refractivity contribution in [1.82, 2.24) is 0 Å². The van der Waals surface area contributed by atoms with Crippen LogP contribution >= 0.6 is 0 Å². The fourth-order valence-corrected chi connectivity index (χ4v) is 1.03. The molecule has 0 nitrogen and oxygen atoms in total. The van der Waals surface area contributed by atoms with E-state index >= 15 is 0 Å². The molecule has 0 bridgehead atoms. The van der Waals surface area contributed by atoms with Crippen LogP contribution in [0, 0.1) is 0 Å². The summed E-state index contributed by atoms with van der Waals surface area (Å²) in [5.41, 5.74) is 0. The molecule has 0 amide bonds. The van der Waals surface area contributed by atoms with E-state index in [4.69, 9.17) is 0 Å². The van der Waals surface area contributed by atoms with Gasteiger partial charge in [0.25, 0.3) is 0 Å². The summed E-state index contributed by atoms with van der Waals surface area (Å²) in [6.07, 6.45) is 19.5. The van der Waals surface area contributed by atoms with Gasteiger partial charge in [0.15, 0.2) is 0 Å². The van der Waals surface area contributed by atoms with Crippen LogP contribution in [0.2, 0.25) is 0 Å². The molecule has 0 N–H and O–H groups in total. The van der Waals surface area contributed by atoms with Crippen LogP contribution in [0.15, 0.2) is 49.6 Å². The first-order valence-corrected chi connectivity index (χ1v) is 6.38. The molecule has 92 valence electrons. The number of hydrogen-bond donors (Lipinski definition) is 0. The molecule has 0 rings (SSSR count). The lowest BCUT2D eigenvalue weighted by Crippen LogP contribution is -1.64. The van der Waals surface area contributed by atoms with Crippen molar-refractivity contribution >= 4 is 0 Å². The van der Waals surface area contributed by atoms with Crippen molar-refractivity contribution in [2.45, 2.75) is 52.4 Å². The molecular weight excluding hydrogens is 192 g/mol. The molecule has 0 aromatic rings. The molecule has 0 atom stereocenters. The van der Waals surface area contributed by atoms with E-state index < -0.39 is 0 Å². The van der Waals surface area contributed by atoms with Gasteiger partial charge in [0.05, 0.1) is 0 Å². The summed E-state index contributed by atoms with van der Waals surface area (Å²) in [6, 6.07) is 0. The van der Waals surface area contributed by atoms with Crippen molar-refractivity contribution in [2.24, 2.45) is 0 Å². The highest BCUT2D eigenvalue weighted by Gasteiger charge is 1.74. The van der Waals surface area contributed by atoms with E-state index in [1.807, 2.05) is 24.3 Å². The lowest BCUT2D eigenvalue weighted by atomic mass is 10.2. The van der Waals surface area contributed by atoms with Crippen LogP contribution < -0.4 is 0 Å². The lowest BCUT2D eigenvalue weighted by Gasteiger charge is -1.84. The average Bonchev–Trinajstić information content (AvgIpc) is 2.31. The first-order valence-electron chi connectivity index (χ1n) is 6.38. The summed E-state index contributed by atoms with van der Waals surface area (Å²) in [6.45, 7) is 11.5. The molecule has 0 saturated carbocycles. The zero-order chi connectivity index (χ0) is 12.5. The lowest BCUT2D eigenvalue weighted by molar-refractivity contribution is 0.815. The van der Waals surface area contributed by atoms with Crippen LogP contribution in [0.3, 0.4) is 0 Å². The quantitative estimate of drug-likeness (QED) is 0.356. The molecule has 0 fully saturated rings. The van der Waals surface area contributed by atoms with Gasteiger partial charge in [0.1, 0.15) is 0 Å². The van der Waals surface area contributed by atoms with Gasteiger partial charge in [-0.15, -0.1) is 0 Å². The Morgan fingerprint density at radius 1 is 0.750 bits per heavy atom. The third-order valence-electron chi connectivity index (χ3n) is 1.99. The van der Waals surface area contributed by atoms with E-state index in [0.29, 0.717) is 0 Å². The Labute approximate surface area is 102 Å². The second-order valence-electron chi connectivity index (χ2n) is 3.61. The second-order valence-corrected chi connectivity index (χ2v) is 3.61. The summed E-state index contributed by atoms with van der Waals surface area (Å²) in [5, 5.41) is 0. The molecule has 0 unspecified atom stereocenters. The minimum atomic E-state index is 1.20. The molecule has 0 spiro atoms. The number of unbranched alkanes of at least 4 members (excludes halogenated alkanes) is 4. The fourth-order valence-electron chi connectivity index (χ4n) is 1.03. The highest BCUT2D eigenvalue weighted by atomic mass is 13.8. The Morgan fingerprint density at radius 3 is 1.38 bits per heavy atom. The van der Waals surface area contributed by atoms with Gasteiger partial charge in [-0.25, -0.2) is 0 Å². The highest BCUT2D eigenvalue weighted by molar-refractivity contribution is 4.97. The third kappa shape index (κ3) is 23.1. The van der Waals surface area contributed by atoms with E-state index in [1.54, 1.807) is 0 Å². The van der Waals surface area contributed by atoms with Crippen molar-refractivity contribution < 1.29 is 0 Å². The molecule has 0 saturated heterocycles. The van der Waals surface area contributed by atoms with Gasteiger partial charge in [-0.3, -0.25) is 0 Å². The SMILES string of the molecule is C=C/C=C\CCCC.C=C/C=C\CCCC. The maximum atomic E-state index is 3.57. The first-order chi connectivity index (χ1) is 7.83. The monoisotopic (exact) mass is 220 g/mol. The van der Waals surface area contributed by atoms with Gasteiger partial charge in [-0.1, -0.05) is 89.1 Å². The van der Waals surface area contributed by atoms with E-state index in [0.717, 1.165) is 0 Å². The maximum Gasteiger partial charge on any atom is -0.0348 e. The van der Waals surface area contributed by atoms with Crippen LogP contribution in [-0.2, 0) is 0 Å². The first kappa shape index (κ1) is 17.4. The Morgan fingerprint density at radius 2 is 1.12 bits per heavy atom. The number of allylic oxidation sites excluding steroid dienone is 6. The molecule has 0 aliphatic rings. The predicted octanol–water partition coefficient (Wildman–Crippen LogP) is 5.84. The molecule has 0 aliphatic heterocycles. The zero-order valence-corrected chi connectivity index (χ0v) is 11.1. The molecule has 0 aliphatic carbocycles. The highest BCUT2D eigenvalue weighted by Crippen LogP contribution is 1.94. The summed E-state index contributed by atoms with van der Waals surface area (Å²) < 4.78 is 0. The van der Waals surface area contributed by atoms with Gasteiger partial charge in [-0.05, 0) is 12.8 Å². The Balaban J connectivity index is 0. The standard InChI is InChI=1S/2C8H14/c2*1-3-5-7-8-6-4-2/h2*3,5,7H,1,4,6,8H2,2H3/b2*7-5-. The minimum absolute atomic E-state index is 1.20. The summed E-state index contributed by atoms with van der Waals surface area (Å²) in [4.78, 5) is 0. The molecule has 0 aromatic carbocycles. The van der Waals surface area contributed by atoms with Crippen molar-refractivity contribution in [3.63, 3.8) is 0 Å². The average molecular weight is 220 g/mol. The van der Waals surface area contributed by atoms with Crippen LogP contribution in [-0.4, -0.2) is 0 Å². The van der Waals surface area contributed by atoms with Crippen LogP contribution in [0.1, 0.15) is 52.4 Å². The van der Waals surface area contributed by atoms with Gasteiger partial charge < -0.3 is 0 Å². The predicted molar refractivity (Wildman–Crippen MR) is 77.7 cm³/mol. The van der Waals surface area contributed by atoms with E-state index in [9.17, 15) is 0 Å². The molecule has 0 radical (unpaired) electrons. The number of rotatable bonds is 8. The van der Waals surface area contributed by atoms with Crippen LogP contribution in [0.5, 0.6) is 0 Å². The molecular formula is C16H28. The summed E-state index contributed by atoms with van der Waals surface area (Å²) in [7, 11) is 0. The Hall–Kier alpha value is -1.04. The van der Waals surface area contributed by atoms with Gasteiger partial charge in [0, 0.05) is 0 Å². The maximum absolute atomic E-state index is 3.57. The normalized spacial score (nSPS) is 10.1. The van der Waals surface area contributed by atoms with E-state index in [-0.39, 0.29) is 0 Å². The van der Waals surface area contributed by atoms with Crippen LogP contribution in [0.4, 0.5) is 0 Å². The van der Waals surface area contributed by atoms with Crippen LogP contribution in [0.25, 0.3) is 0 Å². The van der Waals surface area contributed by atoms with Crippen molar-refractivity contribution in [2.75, 3.05) is 0 Å². The van der Waals surface area contributed by atoms with Crippen molar-refractivity contribution in [3.8, 4) is 0 Å². The molecule has 0 heteroatoms. The van der Waals surface area contributed by atoms with Gasteiger partial charge >= 0.3 is 0 Å². The number of hydrogen-bond acceptors (Lipinski definition) is 0. The van der Waals surface area contributed by atoms with E-state index in [2.05, 4.69) is 39.2 Å². The molecule has 16 heavy (non-hydrogen) atoms. The van der Waals surface area contributed by atoms with Crippen molar-refractivity contribution in [3.05, 3.63) is 49.6 Å². The fraction of sp³-hybridized carbons (Fsp3) is 0.500.